The molecule has 0 fully saturated rings. The van der Waals surface area contributed by atoms with Crippen LogP contribution in [0.4, 0.5) is 0 Å². The maximum atomic E-state index is 6.14. The molecule has 4 heteroatoms. The van der Waals surface area contributed by atoms with Gasteiger partial charge in [0.1, 0.15) is 5.82 Å². The summed E-state index contributed by atoms with van der Waals surface area (Å²) in [6, 6.07) is 8.50. The van der Waals surface area contributed by atoms with Gasteiger partial charge in [-0.15, -0.1) is 10.2 Å². The first kappa shape index (κ1) is 14.1. The summed E-state index contributed by atoms with van der Waals surface area (Å²) >= 11 is 6.14. The third-order valence-corrected chi connectivity index (χ3v) is 3.42. The Bertz CT molecular complexity index is 529. The van der Waals surface area contributed by atoms with Crippen LogP contribution < -0.4 is 0 Å². The molecule has 19 heavy (non-hydrogen) atoms. The highest BCUT2D eigenvalue weighted by molar-refractivity contribution is 6.28. The van der Waals surface area contributed by atoms with Gasteiger partial charge in [0.25, 0.3) is 0 Å². The van der Waals surface area contributed by atoms with Gasteiger partial charge in [0.05, 0.1) is 0 Å². The van der Waals surface area contributed by atoms with Crippen LogP contribution in [-0.2, 0) is 6.42 Å². The molecule has 0 N–H and O–H groups in total. The Morgan fingerprint density at radius 3 is 2.42 bits per heavy atom. The first-order chi connectivity index (χ1) is 9.13. The third-order valence-electron chi connectivity index (χ3n) is 3.18. The molecular weight excluding hydrogens is 258 g/mol. The van der Waals surface area contributed by atoms with Gasteiger partial charge in [0.2, 0.25) is 5.28 Å². The van der Waals surface area contributed by atoms with Gasteiger partial charge in [0, 0.05) is 11.6 Å². The van der Waals surface area contributed by atoms with E-state index >= 15 is 0 Å². The Kier molecular flexibility index (Phi) is 4.59. The summed E-state index contributed by atoms with van der Waals surface area (Å²) in [6.45, 7) is 6.39. The van der Waals surface area contributed by atoms with Crippen molar-refractivity contribution in [3.8, 4) is 5.69 Å². The highest BCUT2D eigenvalue weighted by Gasteiger charge is 2.14. The number of hydrogen-bond donors (Lipinski definition) is 0. The smallest absolute Gasteiger partial charge is 0.229 e. The lowest BCUT2D eigenvalue weighted by Gasteiger charge is -2.10. The number of rotatable bonds is 5. The highest BCUT2D eigenvalue weighted by atomic mass is 35.5. The molecule has 0 amide bonds. The summed E-state index contributed by atoms with van der Waals surface area (Å²) in [5, 5.41) is 8.53. The second-order valence-corrected chi connectivity index (χ2v) is 5.43. The van der Waals surface area contributed by atoms with Crippen molar-refractivity contribution >= 4 is 11.6 Å². The fourth-order valence-corrected chi connectivity index (χ4v) is 2.30. The summed E-state index contributed by atoms with van der Waals surface area (Å²) in [4.78, 5) is 0. The Labute approximate surface area is 119 Å². The van der Waals surface area contributed by atoms with Crippen LogP contribution in [-0.4, -0.2) is 14.8 Å². The van der Waals surface area contributed by atoms with Crippen molar-refractivity contribution < 1.29 is 0 Å². The number of halogens is 1. The molecule has 2 aromatic rings. The fraction of sp³-hybridized carbons (Fsp3) is 0.467. The minimum atomic E-state index is 0.291. The van der Waals surface area contributed by atoms with Gasteiger partial charge in [-0.25, -0.2) is 0 Å². The van der Waals surface area contributed by atoms with E-state index in [0.717, 1.165) is 17.9 Å². The van der Waals surface area contributed by atoms with Gasteiger partial charge in [-0.3, -0.25) is 4.57 Å². The molecular formula is C15H20ClN3. The molecule has 0 saturated heterocycles. The van der Waals surface area contributed by atoms with Crippen LogP contribution in [0, 0.1) is 0 Å². The van der Waals surface area contributed by atoms with Gasteiger partial charge in [-0.1, -0.05) is 39.3 Å². The van der Waals surface area contributed by atoms with Crippen molar-refractivity contribution in [2.24, 2.45) is 0 Å². The average molecular weight is 278 g/mol. The largest absolute Gasteiger partial charge is 0.270 e. The predicted octanol–water partition coefficient (Wildman–Crippen LogP) is 4.39. The first-order valence-electron chi connectivity index (χ1n) is 6.83. The van der Waals surface area contributed by atoms with Crippen LogP contribution in [0.1, 0.15) is 50.9 Å². The summed E-state index contributed by atoms with van der Waals surface area (Å²) in [5.74, 6) is 1.19. The van der Waals surface area contributed by atoms with E-state index in [-0.39, 0.29) is 0 Å². The van der Waals surface area contributed by atoms with Gasteiger partial charge in [-0.2, -0.15) is 0 Å². The summed E-state index contributed by atoms with van der Waals surface area (Å²) in [7, 11) is 0. The zero-order valence-corrected chi connectivity index (χ0v) is 12.5. The number of aromatic nitrogens is 3. The van der Waals surface area contributed by atoms with Crippen molar-refractivity contribution in [1.29, 1.82) is 0 Å². The molecule has 0 aliphatic heterocycles. The molecule has 1 aromatic carbocycles. The molecule has 3 nitrogen and oxygen atoms in total. The maximum absolute atomic E-state index is 6.14. The molecule has 102 valence electrons. The predicted molar refractivity (Wildman–Crippen MR) is 79.1 cm³/mol. The van der Waals surface area contributed by atoms with E-state index < -0.39 is 0 Å². The molecule has 0 aliphatic rings. The molecule has 0 aliphatic carbocycles. The zero-order chi connectivity index (χ0) is 13.8. The molecule has 0 saturated carbocycles. The number of unbranched alkanes of at least 4 members (excludes halogenated alkanes) is 1. The molecule has 1 aromatic heterocycles. The van der Waals surface area contributed by atoms with E-state index in [4.69, 9.17) is 11.6 Å². The second kappa shape index (κ2) is 6.20. The maximum Gasteiger partial charge on any atom is 0.229 e. The van der Waals surface area contributed by atoms with Crippen LogP contribution in [0.25, 0.3) is 5.69 Å². The minimum Gasteiger partial charge on any atom is -0.270 e. The number of nitrogens with zero attached hydrogens (tertiary/aromatic N) is 3. The minimum absolute atomic E-state index is 0.291. The molecule has 0 unspecified atom stereocenters. The van der Waals surface area contributed by atoms with Crippen LogP contribution in [0.15, 0.2) is 24.3 Å². The van der Waals surface area contributed by atoms with Crippen LogP contribution in [0.5, 0.6) is 0 Å². The van der Waals surface area contributed by atoms with E-state index in [1.807, 2.05) is 4.57 Å². The summed E-state index contributed by atoms with van der Waals surface area (Å²) in [5.41, 5.74) is 2.39. The van der Waals surface area contributed by atoms with Gasteiger partial charge in [0.15, 0.2) is 0 Å². The highest BCUT2D eigenvalue weighted by Crippen LogP contribution is 2.22. The summed E-state index contributed by atoms with van der Waals surface area (Å²) in [6.07, 6.45) is 3.57. The van der Waals surface area contributed by atoms with E-state index in [1.165, 1.54) is 18.4 Å². The average Bonchev–Trinajstić information content (AvgIpc) is 2.79. The van der Waals surface area contributed by atoms with Gasteiger partial charge >= 0.3 is 0 Å². The third kappa shape index (κ3) is 3.16. The van der Waals surface area contributed by atoms with Crippen molar-refractivity contribution in [1.82, 2.24) is 14.8 Å². The Morgan fingerprint density at radius 1 is 1.16 bits per heavy atom. The summed E-state index contributed by atoms with van der Waals surface area (Å²) < 4.78 is 1.91. The second-order valence-electron chi connectivity index (χ2n) is 5.09. The number of benzene rings is 1. The molecule has 2 rings (SSSR count). The lowest BCUT2D eigenvalue weighted by molar-refractivity contribution is 0.745. The SMILES string of the molecule is CCCCc1ccc(-n2c(Cl)nnc2C(C)C)cc1. The van der Waals surface area contributed by atoms with Crippen molar-refractivity contribution in [3.05, 3.63) is 40.9 Å². The monoisotopic (exact) mass is 277 g/mol. The number of hydrogen-bond acceptors (Lipinski definition) is 2. The van der Waals surface area contributed by atoms with Crippen molar-refractivity contribution in [3.63, 3.8) is 0 Å². The molecule has 1 heterocycles. The van der Waals surface area contributed by atoms with Crippen molar-refractivity contribution in [2.75, 3.05) is 0 Å². The quantitative estimate of drug-likeness (QED) is 0.812. The lowest BCUT2D eigenvalue weighted by atomic mass is 10.1. The Hall–Kier alpha value is -1.35. The molecule has 0 atom stereocenters. The van der Waals surface area contributed by atoms with E-state index in [2.05, 4.69) is 55.2 Å². The fourth-order valence-electron chi connectivity index (χ4n) is 2.08. The molecule has 0 radical (unpaired) electrons. The Balaban J connectivity index is 2.29. The number of aryl methyl sites for hydroxylation is 1. The molecule has 0 spiro atoms. The topological polar surface area (TPSA) is 30.7 Å². The van der Waals surface area contributed by atoms with E-state index in [9.17, 15) is 0 Å². The lowest BCUT2D eigenvalue weighted by Crippen LogP contribution is -2.03. The van der Waals surface area contributed by atoms with Gasteiger partial charge in [-0.05, 0) is 42.1 Å². The van der Waals surface area contributed by atoms with Gasteiger partial charge < -0.3 is 0 Å². The Morgan fingerprint density at radius 2 is 1.84 bits per heavy atom. The molecule has 0 bridgehead atoms. The van der Waals surface area contributed by atoms with E-state index in [0.29, 0.717) is 11.2 Å². The normalized spacial score (nSPS) is 11.2. The van der Waals surface area contributed by atoms with Crippen LogP contribution in [0.3, 0.4) is 0 Å². The zero-order valence-electron chi connectivity index (χ0n) is 11.7. The van der Waals surface area contributed by atoms with Crippen LogP contribution >= 0.6 is 11.6 Å². The van der Waals surface area contributed by atoms with Crippen molar-refractivity contribution in [2.45, 2.75) is 46.0 Å². The first-order valence-corrected chi connectivity index (χ1v) is 7.21. The van der Waals surface area contributed by atoms with E-state index in [1.54, 1.807) is 0 Å². The standard InChI is InChI=1S/C15H20ClN3/c1-4-5-6-12-7-9-13(10-8-12)19-14(11(2)3)17-18-15(19)16/h7-11H,4-6H2,1-3H3. The van der Waals surface area contributed by atoms with Crippen LogP contribution in [0.2, 0.25) is 5.28 Å².